The zero-order chi connectivity index (χ0) is 23.9. The lowest BCUT2D eigenvalue weighted by Gasteiger charge is -2.25. The van der Waals surface area contributed by atoms with E-state index in [2.05, 4.69) is 12.1 Å². The Balaban J connectivity index is 0.000000751. The molecule has 0 spiro atoms. The van der Waals surface area contributed by atoms with E-state index in [1.165, 1.54) is 5.56 Å². The SMILES string of the molecule is Cc1ccc(C(OCC(O)CN(CCO)CCO)c2ccccc2)cc1.O=C(O)C(=O)O. The summed E-state index contributed by atoms with van der Waals surface area (Å²) in [4.78, 5) is 20.0. The van der Waals surface area contributed by atoms with Gasteiger partial charge in [0.15, 0.2) is 0 Å². The summed E-state index contributed by atoms with van der Waals surface area (Å²) in [7, 11) is 0. The van der Waals surface area contributed by atoms with Crippen molar-refractivity contribution < 1.29 is 39.9 Å². The molecule has 0 saturated heterocycles. The minimum Gasteiger partial charge on any atom is -0.473 e. The third-order valence-electron chi connectivity index (χ3n) is 4.42. The van der Waals surface area contributed by atoms with Crippen molar-refractivity contribution >= 4 is 11.9 Å². The van der Waals surface area contributed by atoms with Crippen LogP contribution in [0.1, 0.15) is 22.8 Å². The number of aryl methyl sites for hydroxylation is 1. The van der Waals surface area contributed by atoms with Crippen LogP contribution in [0.25, 0.3) is 0 Å². The highest BCUT2D eigenvalue weighted by molar-refractivity contribution is 6.27. The Bertz CT molecular complexity index is 779. The van der Waals surface area contributed by atoms with E-state index in [0.29, 0.717) is 19.6 Å². The number of carboxylic acid groups (broad SMARTS) is 2. The average Bonchev–Trinajstić information content (AvgIpc) is 2.76. The van der Waals surface area contributed by atoms with Crippen molar-refractivity contribution in [3.63, 3.8) is 0 Å². The average molecular weight is 450 g/mol. The van der Waals surface area contributed by atoms with Crippen LogP contribution < -0.4 is 0 Å². The summed E-state index contributed by atoms with van der Waals surface area (Å²) in [6, 6.07) is 18.1. The van der Waals surface area contributed by atoms with E-state index >= 15 is 0 Å². The van der Waals surface area contributed by atoms with Crippen LogP contribution in [0.15, 0.2) is 54.6 Å². The van der Waals surface area contributed by atoms with Gasteiger partial charge < -0.3 is 30.3 Å². The van der Waals surface area contributed by atoms with Gasteiger partial charge in [0.2, 0.25) is 0 Å². The van der Waals surface area contributed by atoms with Crippen LogP contribution in [0.3, 0.4) is 0 Å². The quantitative estimate of drug-likeness (QED) is 0.316. The van der Waals surface area contributed by atoms with Gasteiger partial charge in [0.25, 0.3) is 0 Å². The molecule has 0 bridgehead atoms. The molecule has 9 nitrogen and oxygen atoms in total. The molecule has 0 heterocycles. The molecule has 0 saturated carbocycles. The van der Waals surface area contributed by atoms with Gasteiger partial charge in [0.1, 0.15) is 6.10 Å². The van der Waals surface area contributed by atoms with Gasteiger partial charge in [-0.05, 0) is 18.1 Å². The Hall–Kier alpha value is -2.82. The number of rotatable bonds is 11. The van der Waals surface area contributed by atoms with Gasteiger partial charge in [-0.1, -0.05) is 60.2 Å². The predicted octanol–water partition coefficient (Wildman–Crippen LogP) is 0.904. The van der Waals surface area contributed by atoms with E-state index in [0.717, 1.165) is 11.1 Å². The molecule has 0 aliphatic carbocycles. The summed E-state index contributed by atoms with van der Waals surface area (Å²) in [5, 5.41) is 43.3. The molecule has 176 valence electrons. The minimum absolute atomic E-state index is 0.0103. The summed E-state index contributed by atoms with van der Waals surface area (Å²) in [6.45, 7) is 3.36. The summed E-state index contributed by atoms with van der Waals surface area (Å²) >= 11 is 0. The Kier molecular flexibility index (Phi) is 12.8. The largest absolute Gasteiger partial charge is 0.473 e. The molecule has 0 aromatic heterocycles. The van der Waals surface area contributed by atoms with Gasteiger partial charge in [0.05, 0.1) is 25.9 Å². The van der Waals surface area contributed by atoms with Crippen LogP contribution in [-0.2, 0) is 14.3 Å². The smallest absolute Gasteiger partial charge is 0.414 e. The van der Waals surface area contributed by atoms with E-state index in [-0.39, 0.29) is 25.9 Å². The first kappa shape index (κ1) is 27.2. The predicted molar refractivity (Wildman–Crippen MR) is 117 cm³/mol. The van der Waals surface area contributed by atoms with Crippen LogP contribution in [0.2, 0.25) is 0 Å². The summed E-state index contributed by atoms with van der Waals surface area (Å²) in [5.41, 5.74) is 3.26. The van der Waals surface area contributed by atoms with Crippen LogP contribution in [0.5, 0.6) is 0 Å². The van der Waals surface area contributed by atoms with Gasteiger partial charge in [-0.3, -0.25) is 4.90 Å². The Morgan fingerprint density at radius 1 is 0.875 bits per heavy atom. The molecule has 0 amide bonds. The third-order valence-corrected chi connectivity index (χ3v) is 4.42. The van der Waals surface area contributed by atoms with Crippen molar-refractivity contribution in [2.24, 2.45) is 0 Å². The number of carbonyl (C=O) groups is 2. The molecule has 0 aliphatic heterocycles. The lowest BCUT2D eigenvalue weighted by Crippen LogP contribution is -2.38. The van der Waals surface area contributed by atoms with Crippen molar-refractivity contribution in [3.8, 4) is 0 Å². The van der Waals surface area contributed by atoms with Crippen LogP contribution in [-0.4, -0.2) is 87.9 Å². The molecule has 0 fully saturated rings. The van der Waals surface area contributed by atoms with Crippen molar-refractivity contribution in [2.75, 3.05) is 39.5 Å². The normalized spacial score (nSPS) is 12.5. The molecule has 2 aromatic rings. The maximum absolute atomic E-state index is 10.3. The molecule has 5 N–H and O–H groups in total. The highest BCUT2D eigenvalue weighted by atomic mass is 16.5. The van der Waals surface area contributed by atoms with Crippen molar-refractivity contribution in [1.29, 1.82) is 0 Å². The number of aliphatic hydroxyl groups is 3. The topological polar surface area (TPSA) is 148 Å². The van der Waals surface area contributed by atoms with E-state index in [4.69, 9.17) is 34.8 Å². The Labute approximate surface area is 187 Å². The molecule has 2 aromatic carbocycles. The highest BCUT2D eigenvalue weighted by Gasteiger charge is 2.18. The monoisotopic (exact) mass is 449 g/mol. The second kappa shape index (κ2) is 15.1. The molecule has 9 heteroatoms. The minimum atomic E-state index is -1.82. The number of benzene rings is 2. The van der Waals surface area contributed by atoms with Crippen molar-refractivity contribution in [1.82, 2.24) is 4.90 Å². The first-order chi connectivity index (χ1) is 15.3. The number of ether oxygens (including phenoxy) is 1. The van der Waals surface area contributed by atoms with E-state index in [9.17, 15) is 5.11 Å². The number of nitrogens with zero attached hydrogens (tertiary/aromatic N) is 1. The van der Waals surface area contributed by atoms with Crippen molar-refractivity contribution in [3.05, 3.63) is 71.3 Å². The molecule has 32 heavy (non-hydrogen) atoms. The van der Waals surface area contributed by atoms with Crippen LogP contribution in [0.4, 0.5) is 0 Å². The zero-order valence-electron chi connectivity index (χ0n) is 18.0. The Morgan fingerprint density at radius 2 is 1.38 bits per heavy atom. The molecular weight excluding hydrogens is 418 g/mol. The number of aliphatic hydroxyl groups excluding tert-OH is 3. The Morgan fingerprint density at radius 3 is 1.84 bits per heavy atom. The molecule has 2 atom stereocenters. The molecule has 2 rings (SSSR count). The highest BCUT2D eigenvalue weighted by Crippen LogP contribution is 2.26. The van der Waals surface area contributed by atoms with Gasteiger partial charge >= 0.3 is 11.9 Å². The summed E-state index contributed by atoms with van der Waals surface area (Å²) in [5.74, 6) is -3.65. The summed E-state index contributed by atoms with van der Waals surface area (Å²) in [6.07, 6.45) is -0.958. The number of hydrogen-bond acceptors (Lipinski definition) is 7. The third kappa shape index (κ3) is 10.5. The van der Waals surface area contributed by atoms with Gasteiger partial charge in [0, 0.05) is 19.6 Å². The van der Waals surface area contributed by atoms with Gasteiger partial charge in [-0.25, -0.2) is 9.59 Å². The van der Waals surface area contributed by atoms with Crippen molar-refractivity contribution in [2.45, 2.75) is 19.1 Å². The van der Waals surface area contributed by atoms with Gasteiger partial charge in [-0.2, -0.15) is 0 Å². The van der Waals surface area contributed by atoms with E-state index < -0.39 is 18.0 Å². The number of hydrogen-bond donors (Lipinski definition) is 5. The van der Waals surface area contributed by atoms with Crippen LogP contribution >= 0.6 is 0 Å². The fraction of sp³-hybridized carbons (Fsp3) is 0.391. The first-order valence-electron chi connectivity index (χ1n) is 10.1. The maximum atomic E-state index is 10.3. The zero-order valence-corrected chi connectivity index (χ0v) is 18.0. The first-order valence-corrected chi connectivity index (χ1v) is 10.1. The van der Waals surface area contributed by atoms with E-state index in [1.54, 1.807) is 0 Å². The fourth-order valence-corrected chi connectivity index (χ4v) is 2.89. The number of carboxylic acids is 2. The number of aliphatic carboxylic acids is 2. The molecular formula is C23H31NO8. The molecule has 2 unspecified atom stereocenters. The standard InChI is InChI=1S/C21H29NO4.C2H2O4/c1-17-7-9-19(10-8-17)21(18-5-3-2-4-6-18)26-16-20(25)15-22(11-13-23)12-14-24;3-1(4)2(5)6/h2-10,20-21,23-25H,11-16H2,1H3;(H,3,4)(H,5,6). The molecule has 0 aliphatic rings. The molecule has 0 radical (unpaired) electrons. The lowest BCUT2D eigenvalue weighted by molar-refractivity contribution is -0.159. The maximum Gasteiger partial charge on any atom is 0.414 e. The second-order valence-corrected chi connectivity index (χ2v) is 7.05. The summed E-state index contributed by atoms with van der Waals surface area (Å²) < 4.78 is 6.07. The van der Waals surface area contributed by atoms with Gasteiger partial charge in [-0.15, -0.1) is 0 Å². The second-order valence-electron chi connectivity index (χ2n) is 7.05. The fourth-order valence-electron chi connectivity index (χ4n) is 2.89. The van der Waals surface area contributed by atoms with E-state index in [1.807, 2.05) is 54.3 Å². The van der Waals surface area contributed by atoms with Crippen LogP contribution in [0, 0.1) is 6.92 Å². The lowest BCUT2D eigenvalue weighted by atomic mass is 10.0.